The topological polar surface area (TPSA) is 59.2 Å². The van der Waals surface area contributed by atoms with Crippen molar-refractivity contribution in [2.45, 2.75) is 32.1 Å². The molecule has 1 fully saturated rings. The molecule has 0 bridgehead atoms. The maximum Gasteiger partial charge on any atom is 0.232 e. The molecule has 1 aliphatic heterocycles. The van der Waals surface area contributed by atoms with Gasteiger partial charge in [-0.3, -0.25) is 4.79 Å². The molecule has 4 rings (SSSR count). The van der Waals surface area contributed by atoms with Crippen LogP contribution < -0.4 is 0 Å². The van der Waals surface area contributed by atoms with Gasteiger partial charge in [0.2, 0.25) is 11.8 Å². The van der Waals surface area contributed by atoms with Gasteiger partial charge in [0.05, 0.1) is 5.92 Å². The van der Waals surface area contributed by atoms with E-state index >= 15 is 0 Å². The Morgan fingerprint density at radius 1 is 1.23 bits per heavy atom. The van der Waals surface area contributed by atoms with Gasteiger partial charge >= 0.3 is 0 Å². The summed E-state index contributed by atoms with van der Waals surface area (Å²) in [6, 6.07) is 14.4. The molecular weight excluding hydrogens is 346 g/mol. The molecule has 1 aliphatic rings. The summed E-state index contributed by atoms with van der Waals surface area (Å²) >= 11 is 1.75. The molecule has 1 saturated heterocycles. The molecule has 5 nitrogen and oxygen atoms in total. The van der Waals surface area contributed by atoms with Crippen LogP contribution >= 0.6 is 11.3 Å². The first kappa shape index (κ1) is 17.0. The second-order valence-corrected chi connectivity index (χ2v) is 8.09. The number of likely N-dealkylation sites (tertiary alicyclic amines) is 1. The predicted octanol–water partition coefficient (Wildman–Crippen LogP) is 3.59. The highest BCUT2D eigenvalue weighted by Gasteiger charge is 2.33. The minimum atomic E-state index is 0.00425. The van der Waals surface area contributed by atoms with Gasteiger partial charge in [-0.2, -0.15) is 4.98 Å². The van der Waals surface area contributed by atoms with Crippen molar-refractivity contribution in [1.82, 2.24) is 15.0 Å². The van der Waals surface area contributed by atoms with Crippen LogP contribution in [0.5, 0.6) is 0 Å². The molecule has 3 aromatic rings. The smallest absolute Gasteiger partial charge is 0.232 e. The van der Waals surface area contributed by atoms with Crippen LogP contribution in [-0.2, 0) is 17.6 Å². The van der Waals surface area contributed by atoms with Crippen LogP contribution in [0.15, 0.2) is 47.0 Å². The number of benzene rings is 1. The Hall–Kier alpha value is -2.47. The molecule has 1 amide bonds. The molecular formula is C20H21N3O2S. The highest BCUT2D eigenvalue weighted by Crippen LogP contribution is 2.28. The van der Waals surface area contributed by atoms with E-state index in [1.54, 1.807) is 11.3 Å². The molecule has 0 spiro atoms. The molecule has 1 unspecified atom stereocenters. The van der Waals surface area contributed by atoms with Crippen molar-refractivity contribution in [1.29, 1.82) is 0 Å². The summed E-state index contributed by atoms with van der Waals surface area (Å²) in [5.41, 5.74) is 1.25. The van der Waals surface area contributed by atoms with E-state index in [0.29, 0.717) is 31.1 Å². The summed E-state index contributed by atoms with van der Waals surface area (Å²) in [5, 5.41) is 4.10. The number of hydrogen-bond donors (Lipinski definition) is 0. The largest absolute Gasteiger partial charge is 0.342 e. The van der Waals surface area contributed by atoms with E-state index in [-0.39, 0.29) is 11.8 Å². The zero-order chi connectivity index (χ0) is 17.9. The standard InChI is InChI=1S/C20H21N3O2S/c1-14-7-8-17(26-14)12-18-21-20(25-22-18)16-11-19(24)23(13-16)10-9-15-5-3-2-4-6-15/h2-8,16H,9-13H2,1H3. The second kappa shape index (κ2) is 7.41. The van der Waals surface area contributed by atoms with Gasteiger partial charge in [-0.05, 0) is 31.0 Å². The fourth-order valence-electron chi connectivity index (χ4n) is 3.30. The van der Waals surface area contributed by atoms with Crippen LogP contribution in [0, 0.1) is 6.92 Å². The Morgan fingerprint density at radius 3 is 2.85 bits per heavy atom. The summed E-state index contributed by atoms with van der Waals surface area (Å²) in [6.45, 7) is 3.48. The molecule has 3 heterocycles. The highest BCUT2D eigenvalue weighted by atomic mass is 32.1. The first-order chi connectivity index (χ1) is 12.7. The molecule has 134 valence electrons. The van der Waals surface area contributed by atoms with Crippen molar-refractivity contribution >= 4 is 17.2 Å². The van der Waals surface area contributed by atoms with E-state index in [1.165, 1.54) is 15.3 Å². The number of carbonyl (C=O) groups excluding carboxylic acids is 1. The van der Waals surface area contributed by atoms with Crippen molar-refractivity contribution in [2.75, 3.05) is 13.1 Å². The van der Waals surface area contributed by atoms with E-state index < -0.39 is 0 Å². The molecule has 0 radical (unpaired) electrons. The number of thiophene rings is 1. The summed E-state index contributed by atoms with van der Waals surface area (Å²) in [6.07, 6.45) is 2.00. The van der Waals surface area contributed by atoms with Gasteiger partial charge in [-0.15, -0.1) is 11.3 Å². The molecule has 1 aromatic carbocycles. The van der Waals surface area contributed by atoms with Crippen molar-refractivity contribution in [3.8, 4) is 0 Å². The number of aromatic nitrogens is 2. The van der Waals surface area contributed by atoms with E-state index in [4.69, 9.17) is 4.52 Å². The number of amides is 1. The number of aryl methyl sites for hydroxylation is 1. The zero-order valence-electron chi connectivity index (χ0n) is 14.7. The molecule has 2 aromatic heterocycles. The first-order valence-electron chi connectivity index (χ1n) is 8.87. The predicted molar refractivity (Wildman–Crippen MR) is 100 cm³/mol. The van der Waals surface area contributed by atoms with Gasteiger partial charge in [0.15, 0.2) is 5.82 Å². The lowest BCUT2D eigenvalue weighted by Crippen LogP contribution is -2.27. The molecule has 6 heteroatoms. The Labute approximate surface area is 156 Å². The van der Waals surface area contributed by atoms with Gasteiger partial charge in [0, 0.05) is 35.7 Å². The van der Waals surface area contributed by atoms with Gasteiger partial charge in [0.1, 0.15) is 0 Å². The second-order valence-electron chi connectivity index (χ2n) is 6.71. The Balaban J connectivity index is 1.36. The van der Waals surface area contributed by atoms with Crippen LogP contribution in [0.3, 0.4) is 0 Å². The van der Waals surface area contributed by atoms with Crippen molar-refractivity contribution in [3.63, 3.8) is 0 Å². The molecule has 0 saturated carbocycles. The van der Waals surface area contributed by atoms with E-state index in [9.17, 15) is 4.79 Å². The average Bonchev–Trinajstić information content (AvgIpc) is 3.35. The number of hydrogen-bond acceptors (Lipinski definition) is 5. The van der Waals surface area contributed by atoms with Gasteiger partial charge in [-0.1, -0.05) is 35.5 Å². The van der Waals surface area contributed by atoms with Gasteiger partial charge < -0.3 is 9.42 Å². The Kier molecular flexibility index (Phi) is 4.84. The van der Waals surface area contributed by atoms with E-state index in [2.05, 4.69) is 41.3 Å². The van der Waals surface area contributed by atoms with Crippen LogP contribution in [-0.4, -0.2) is 34.0 Å². The average molecular weight is 367 g/mol. The molecule has 1 atom stereocenters. The summed E-state index contributed by atoms with van der Waals surface area (Å²) in [7, 11) is 0. The van der Waals surface area contributed by atoms with Crippen LogP contribution in [0.25, 0.3) is 0 Å². The Morgan fingerprint density at radius 2 is 2.08 bits per heavy atom. The van der Waals surface area contributed by atoms with Crippen molar-refractivity contribution < 1.29 is 9.32 Å². The first-order valence-corrected chi connectivity index (χ1v) is 9.68. The maximum atomic E-state index is 12.3. The molecule has 26 heavy (non-hydrogen) atoms. The third-order valence-electron chi connectivity index (χ3n) is 4.69. The lowest BCUT2D eigenvalue weighted by atomic mass is 10.1. The quantitative estimate of drug-likeness (QED) is 0.668. The third kappa shape index (κ3) is 3.85. The third-order valence-corrected chi connectivity index (χ3v) is 5.69. The number of nitrogens with zero attached hydrogens (tertiary/aromatic N) is 3. The van der Waals surface area contributed by atoms with Crippen LogP contribution in [0.2, 0.25) is 0 Å². The van der Waals surface area contributed by atoms with Crippen LogP contribution in [0.1, 0.15) is 39.4 Å². The number of carbonyl (C=O) groups is 1. The fraction of sp³-hybridized carbons (Fsp3) is 0.350. The fourth-order valence-corrected chi connectivity index (χ4v) is 4.19. The maximum absolute atomic E-state index is 12.3. The zero-order valence-corrected chi connectivity index (χ0v) is 15.5. The monoisotopic (exact) mass is 367 g/mol. The van der Waals surface area contributed by atoms with Gasteiger partial charge in [0.25, 0.3) is 0 Å². The normalized spacial score (nSPS) is 17.2. The minimum Gasteiger partial charge on any atom is -0.342 e. The number of rotatable bonds is 6. The minimum absolute atomic E-state index is 0.00425. The summed E-state index contributed by atoms with van der Waals surface area (Å²) in [4.78, 5) is 21.3. The van der Waals surface area contributed by atoms with Crippen molar-refractivity contribution in [3.05, 3.63) is 69.5 Å². The van der Waals surface area contributed by atoms with Crippen LogP contribution in [0.4, 0.5) is 0 Å². The summed E-state index contributed by atoms with van der Waals surface area (Å²) < 4.78 is 5.45. The SMILES string of the molecule is Cc1ccc(Cc2noc(C3CC(=O)N(CCc4ccccc4)C3)n2)s1. The highest BCUT2D eigenvalue weighted by molar-refractivity contribution is 7.11. The van der Waals surface area contributed by atoms with E-state index in [1.807, 2.05) is 23.1 Å². The lowest BCUT2D eigenvalue weighted by Gasteiger charge is -2.15. The van der Waals surface area contributed by atoms with E-state index in [0.717, 1.165) is 13.0 Å². The summed E-state index contributed by atoms with van der Waals surface area (Å²) in [5.74, 6) is 1.45. The molecule has 0 aliphatic carbocycles. The Bertz CT molecular complexity index is 887. The van der Waals surface area contributed by atoms with Crippen molar-refractivity contribution in [2.24, 2.45) is 0 Å². The van der Waals surface area contributed by atoms with Gasteiger partial charge in [-0.25, -0.2) is 0 Å². The lowest BCUT2D eigenvalue weighted by molar-refractivity contribution is -0.127. The molecule has 0 N–H and O–H groups in total.